The molecule has 0 atom stereocenters. The molecule has 11 heterocycles. The molecular weight excluding hydrogens is 1640 g/mol. The molecule has 3 saturated heterocycles. The van der Waals surface area contributed by atoms with Crippen LogP contribution in [0.15, 0.2) is 208 Å². The summed E-state index contributed by atoms with van der Waals surface area (Å²) in [6.45, 7) is 13.5. The first-order valence-electron chi connectivity index (χ1n) is 43.4. The summed E-state index contributed by atoms with van der Waals surface area (Å²) in [6, 6.07) is 41.6. The second kappa shape index (κ2) is 45.6. The number of pyridine rings is 4. The molecule has 0 saturated carbocycles. The predicted molar refractivity (Wildman–Crippen MR) is 512 cm³/mol. The summed E-state index contributed by atoms with van der Waals surface area (Å²) < 4.78 is 0.654. The van der Waals surface area contributed by atoms with E-state index in [1.54, 1.807) is 134 Å². The largest absolute Gasteiger partial charge is 0.395 e. The molecule has 4 amide bonds. The smallest absolute Gasteiger partial charge is 0.271 e. The van der Waals surface area contributed by atoms with Gasteiger partial charge in [-0.2, -0.15) is 0 Å². The fraction of sp³-hybridized carbons (Fsp3) is 0.326. The zero-order valence-corrected chi connectivity index (χ0v) is 74.4. The maximum Gasteiger partial charge on any atom is 0.271 e. The van der Waals surface area contributed by atoms with Crippen LogP contribution in [-0.2, 0) is 6.42 Å². The molecule has 129 heavy (non-hydrogen) atoms. The van der Waals surface area contributed by atoms with Crippen molar-refractivity contribution in [2.75, 3.05) is 179 Å². The molecule has 34 heteroatoms. The van der Waals surface area contributed by atoms with Gasteiger partial charge in [-0.3, -0.25) is 42.8 Å². The van der Waals surface area contributed by atoms with Gasteiger partial charge < -0.3 is 86.8 Å². The van der Waals surface area contributed by atoms with Crippen molar-refractivity contribution in [2.45, 2.75) is 78.1 Å². The number of amides is 4. The van der Waals surface area contributed by atoms with Crippen LogP contribution in [0.3, 0.4) is 0 Å². The number of benzene rings is 4. The molecule has 12 aromatic rings. The molecule has 3 aliphatic heterocycles. The normalized spacial score (nSPS) is 13.1. The van der Waals surface area contributed by atoms with E-state index in [0.717, 1.165) is 104 Å². The number of piperidine rings is 3. The number of hydrogen-bond donors (Lipinski definition) is 12. The minimum Gasteiger partial charge on any atom is -0.395 e. The first kappa shape index (κ1) is 93.7. The van der Waals surface area contributed by atoms with Gasteiger partial charge in [0.1, 0.15) is 34.3 Å². The predicted octanol–water partition coefficient (Wildman–Crippen LogP) is 11.4. The lowest BCUT2D eigenvalue weighted by atomic mass is 10.1. The van der Waals surface area contributed by atoms with E-state index < -0.39 is 5.56 Å². The van der Waals surface area contributed by atoms with Gasteiger partial charge in [-0.15, -0.1) is 0 Å². The highest BCUT2D eigenvalue weighted by atomic mass is 16.3. The topological polar surface area (TPSA) is 423 Å². The third-order valence-corrected chi connectivity index (χ3v) is 21.8. The summed E-state index contributed by atoms with van der Waals surface area (Å²) in [6.07, 6.45) is 24.7. The van der Waals surface area contributed by atoms with E-state index in [2.05, 4.69) is 138 Å². The lowest BCUT2D eigenvalue weighted by molar-refractivity contribution is 0.101. The first-order valence-corrected chi connectivity index (χ1v) is 43.4. The summed E-state index contributed by atoms with van der Waals surface area (Å²) in [5.41, 5.74) is 11.7. The molecule has 0 unspecified atom stereocenters. The zero-order chi connectivity index (χ0) is 91.4. The van der Waals surface area contributed by atoms with E-state index in [9.17, 15) is 38.4 Å². The maximum absolute atomic E-state index is 12.9. The summed E-state index contributed by atoms with van der Waals surface area (Å²) in [5, 5.41) is 28.9. The van der Waals surface area contributed by atoms with Gasteiger partial charge in [0.05, 0.1) is 50.5 Å². The molecule has 3 fully saturated rings. The van der Waals surface area contributed by atoms with Crippen LogP contribution in [0.25, 0.3) is 45.0 Å². The number of nitrogens with one attached hydrogen (secondary N) is 11. The van der Waals surface area contributed by atoms with Gasteiger partial charge in [-0.1, -0.05) is 6.92 Å². The molecule has 12 N–H and O–H groups in total. The number of anilines is 10. The van der Waals surface area contributed by atoms with E-state index in [0.29, 0.717) is 97.9 Å². The van der Waals surface area contributed by atoms with Crippen molar-refractivity contribution in [2.24, 2.45) is 0 Å². The lowest BCUT2D eigenvalue weighted by Crippen LogP contribution is -2.34. The Morgan fingerprint density at radius 2 is 0.791 bits per heavy atom. The highest BCUT2D eigenvalue weighted by Gasteiger charge is 2.22. The number of carbonyl (C=O) groups excluding carboxylic acids is 4. The Balaban J connectivity index is 0.000000156. The van der Waals surface area contributed by atoms with E-state index in [1.807, 2.05) is 95.5 Å². The lowest BCUT2D eigenvalue weighted by Gasteiger charge is -2.28. The summed E-state index contributed by atoms with van der Waals surface area (Å²) in [5.74, 6) is 0.815. The molecule has 0 radical (unpaired) electrons. The zero-order valence-electron chi connectivity index (χ0n) is 74.4. The number of aromatic nitrogens is 12. The summed E-state index contributed by atoms with van der Waals surface area (Å²) >= 11 is 0. The van der Waals surface area contributed by atoms with Gasteiger partial charge >= 0.3 is 0 Å². The molecule has 0 bridgehead atoms. The number of aryl methyl sites for hydroxylation is 2. The van der Waals surface area contributed by atoms with E-state index in [-0.39, 0.29) is 69.7 Å². The number of nitrogens with zero attached hydrogens (tertiary/aromatic N) is 14. The molecule has 8 aromatic heterocycles. The van der Waals surface area contributed by atoms with Crippen molar-refractivity contribution in [1.29, 1.82) is 0 Å². The number of carbonyl (C=O) groups is 4. The van der Waals surface area contributed by atoms with Crippen LogP contribution in [0, 0.1) is 6.92 Å². The molecular formula is C95H114N25O9+. The number of aliphatic hydroxyl groups is 1. The van der Waals surface area contributed by atoms with Crippen molar-refractivity contribution in [1.82, 2.24) is 74.5 Å². The average Bonchev–Trinajstić information content (AvgIpc) is 0.818. The quantitative estimate of drug-likeness (QED) is 0.0160. The number of quaternary nitrogens is 1. The molecule has 15 rings (SSSR count). The molecule has 672 valence electrons. The van der Waals surface area contributed by atoms with Crippen LogP contribution in [0.4, 0.5) is 63.3 Å². The average molecular weight is 1750 g/mol. The van der Waals surface area contributed by atoms with E-state index in [4.69, 9.17) is 5.11 Å². The van der Waals surface area contributed by atoms with Gasteiger partial charge in [0.2, 0.25) is 17.8 Å². The number of aliphatic hydroxyl groups excluding tert-OH is 1. The van der Waals surface area contributed by atoms with Gasteiger partial charge in [0.15, 0.2) is 0 Å². The number of aromatic amines is 4. The molecule has 3 aliphatic rings. The van der Waals surface area contributed by atoms with Crippen molar-refractivity contribution in [3.63, 3.8) is 0 Å². The van der Waals surface area contributed by atoms with Crippen molar-refractivity contribution >= 4 is 87.0 Å². The van der Waals surface area contributed by atoms with E-state index >= 15 is 0 Å². The maximum atomic E-state index is 12.9. The van der Waals surface area contributed by atoms with Crippen molar-refractivity contribution < 1.29 is 24.3 Å². The van der Waals surface area contributed by atoms with Crippen LogP contribution in [0.5, 0.6) is 0 Å². The Morgan fingerprint density at radius 3 is 1.16 bits per heavy atom. The SMILES string of the molecule is CCc1ncc(C)c(-c2c[nH]c(=O)c(NC(=O)c3ccc([N+](C)(C)C)cc3)c2)n1.CN(C)CCN(C)c1nccc(-c2c[nH]c(=O)c(NC(=O)c3ccc(N4CCCCC4)cc3)c2)n1.CNCCNc1nccc(-c2c[nH]c(=O)c(NC(=O)c3ccc(N4CCCCC4)cc3)c2)n1.O=C(Nc1cc(-c2ccnc(NCCO)n2)c[nH]c1=O)c1ccc(N2CCCCC2)cc1. The molecule has 4 aromatic carbocycles. The number of likely N-dealkylation sites (N-methyl/N-ethyl adjacent to an activating group) is 3. The Labute approximate surface area is 748 Å². The Kier molecular flexibility index (Phi) is 33.1. The highest BCUT2D eigenvalue weighted by molar-refractivity contribution is 6.07. The standard InChI is InChI=1S/C26H33N7O2.C24H29N7O2.C23H26N6O3.C22H25N5O2/c1-31(2)15-16-32(3)26-27-12-11-22(30-26)20-17-23(25(35)28-18-20)29-24(34)19-7-9-21(10-8-19)33-13-5-4-6-14-33;1-25-11-12-27-24-26-10-9-20(30-24)18-15-21(23(33)28-16-18)29-22(32)17-5-7-19(8-6-17)31-13-3-2-4-14-31;30-13-10-25-23-24-9-8-19(28-23)17-14-20(22(32)26-15-17)27-21(31)16-4-6-18(7-5-16)29-11-2-1-3-12-29;1-6-19-23-12-14(2)20(26-19)16-11-18(22(29)24-13-16)25-21(28)15-7-9-17(10-8-15)27(3,4)5/h7-12,17-18H,4-6,13-16H2,1-3H3,(H,28,35)(H,29,34);5-10,15-16,25H,2-4,11-14H2,1H3,(H,28,33)(H,29,32)(H,26,27,30);4-9,14-15,30H,1-3,10-13H2,(H,26,32)(H,27,31)(H,24,25,28);7-13H,6H2,1-5H3,(H-,23,24,25,26,28,29)/p+1. The number of hydrogen-bond acceptors (Lipinski definition) is 25. The van der Waals surface area contributed by atoms with Gasteiger partial charge in [-0.25, -0.2) is 39.9 Å². The Hall–Kier alpha value is -14.5. The molecule has 0 spiro atoms. The van der Waals surface area contributed by atoms with Crippen LogP contribution >= 0.6 is 0 Å². The molecule has 34 nitrogen and oxygen atoms in total. The molecule has 0 aliphatic carbocycles. The minimum atomic E-state index is -0.403. The fourth-order valence-corrected chi connectivity index (χ4v) is 14.4. The van der Waals surface area contributed by atoms with Crippen LogP contribution in [0.1, 0.15) is 118 Å². The van der Waals surface area contributed by atoms with Crippen LogP contribution in [0.2, 0.25) is 0 Å². The third-order valence-electron chi connectivity index (χ3n) is 21.8. The van der Waals surface area contributed by atoms with Crippen molar-refractivity contribution in [3.05, 3.63) is 264 Å². The Morgan fingerprint density at radius 1 is 0.434 bits per heavy atom. The number of rotatable bonds is 28. The van der Waals surface area contributed by atoms with Gasteiger partial charge in [0, 0.05) is 197 Å². The summed E-state index contributed by atoms with van der Waals surface area (Å²) in [7, 11) is 14.0. The second-order valence-electron chi connectivity index (χ2n) is 32.5. The minimum absolute atomic E-state index is 0.0402. The third kappa shape index (κ3) is 26.6. The van der Waals surface area contributed by atoms with Crippen LogP contribution < -0.4 is 83.5 Å². The Bertz CT molecular complexity index is 6020. The van der Waals surface area contributed by atoms with Crippen LogP contribution in [-0.4, -0.2) is 221 Å². The highest BCUT2D eigenvalue weighted by Crippen LogP contribution is 2.29. The fourth-order valence-electron chi connectivity index (χ4n) is 14.4. The number of H-pyrrole nitrogens is 4. The van der Waals surface area contributed by atoms with Gasteiger partial charge in [0.25, 0.3) is 45.9 Å². The van der Waals surface area contributed by atoms with Gasteiger partial charge in [-0.05, 0) is 231 Å². The monoisotopic (exact) mass is 1750 g/mol. The summed E-state index contributed by atoms with van der Waals surface area (Å²) in [4.78, 5) is 157. The van der Waals surface area contributed by atoms with Crippen molar-refractivity contribution in [3.8, 4) is 45.0 Å². The van der Waals surface area contributed by atoms with E-state index in [1.165, 1.54) is 64.0 Å². The second-order valence-corrected chi connectivity index (χ2v) is 32.5. The first-order chi connectivity index (χ1) is 62.4.